The maximum atomic E-state index is 15.4. The molecule has 4 fully saturated rings. The Bertz CT molecular complexity index is 2220. The molecule has 3 aromatic rings. The number of urea groups is 1. The zero-order chi connectivity index (χ0) is 41.5. The highest BCUT2D eigenvalue weighted by atomic mass is 35.5. The number of piperidine rings is 2. The second-order valence-electron chi connectivity index (χ2n) is 16.1. The van der Waals surface area contributed by atoms with E-state index in [-0.39, 0.29) is 47.8 Å². The molecule has 0 spiro atoms. The van der Waals surface area contributed by atoms with Crippen LogP contribution in [0.15, 0.2) is 48.7 Å². The van der Waals surface area contributed by atoms with Crippen molar-refractivity contribution in [1.82, 2.24) is 25.0 Å². The molecule has 2 N–H and O–H groups in total. The number of nitriles is 1. The second kappa shape index (κ2) is 16.5. The number of halogens is 2. The van der Waals surface area contributed by atoms with Crippen LogP contribution in [0.5, 0.6) is 0 Å². The predicted octanol–water partition coefficient (Wildman–Crippen LogP) is 4.32. The third-order valence-corrected chi connectivity index (χ3v) is 12.6. The Morgan fingerprint density at radius 1 is 0.915 bits per heavy atom. The molecule has 308 valence electrons. The molecule has 6 heterocycles. The van der Waals surface area contributed by atoms with E-state index in [9.17, 15) is 29.2 Å². The zero-order valence-electron chi connectivity index (χ0n) is 33.0. The Balaban J connectivity index is 0.788. The number of amides is 6. The third-order valence-electron chi connectivity index (χ3n) is 12.3. The van der Waals surface area contributed by atoms with Crippen LogP contribution in [0.2, 0.25) is 5.02 Å². The largest absolute Gasteiger partial charge is 0.367 e. The molecule has 4 saturated heterocycles. The lowest BCUT2D eigenvalue weighted by molar-refractivity contribution is -0.136. The number of carbonyl (C=O) groups excluding carboxylic acids is 5. The van der Waals surface area contributed by atoms with Gasteiger partial charge in [0.15, 0.2) is 0 Å². The Morgan fingerprint density at radius 2 is 1.64 bits per heavy atom. The molecular weight excluding hydrogens is 779 g/mol. The van der Waals surface area contributed by atoms with E-state index in [0.29, 0.717) is 48.4 Å². The molecule has 2 aromatic carbocycles. The molecule has 1 aromatic heterocycles. The van der Waals surface area contributed by atoms with Gasteiger partial charge in [0.05, 0.1) is 39.3 Å². The number of fused-ring (bicyclic) bond motifs is 1. The number of aromatic nitrogens is 1. The molecule has 15 nitrogen and oxygen atoms in total. The van der Waals surface area contributed by atoms with Gasteiger partial charge in [-0.3, -0.25) is 34.3 Å². The highest BCUT2D eigenvalue weighted by Gasteiger charge is 2.45. The zero-order valence-corrected chi connectivity index (χ0v) is 33.8. The summed E-state index contributed by atoms with van der Waals surface area (Å²) >= 11 is 6.30. The van der Waals surface area contributed by atoms with Crippen LogP contribution < -0.4 is 25.3 Å². The molecular formula is C42H46ClFN10O5. The molecule has 6 amide bonds. The van der Waals surface area contributed by atoms with Gasteiger partial charge in [-0.1, -0.05) is 11.6 Å². The minimum atomic E-state index is -1.10. The fraction of sp³-hybridized carbons (Fsp3) is 0.452. The summed E-state index contributed by atoms with van der Waals surface area (Å²) < 4.78 is 15.4. The van der Waals surface area contributed by atoms with Gasteiger partial charge in [-0.15, -0.1) is 0 Å². The molecule has 0 aliphatic carbocycles. The summed E-state index contributed by atoms with van der Waals surface area (Å²) in [4.78, 5) is 80.0. The summed E-state index contributed by atoms with van der Waals surface area (Å²) in [6.45, 7) is 10.4. The molecule has 1 unspecified atom stereocenters. The topological polar surface area (TPSA) is 166 Å². The van der Waals surface area contributed by atoms with Crippen molar-refractivity contribution >= 4 is 64.1 Å². The summed E-state index contributed by atoms with van der Waals surface area (Å²) in [5.41, 5.74) is 2.25. The fourth-order valence-electron chi connectivity index (χ4n) is 8.99. The van der Waals surface area contributed by atoms with Crippen LogP contribution in [0.4, 0.5) is 32.1 Å². The van der Waals surface area contributed by atoms with Crippen molar-refractivity contribution in [2.45, 2.75) is 57.7 Å². The minimum Gasteiger partial charge on any atom is -0.367 e. The number of hydrogen-bond donors (Lipinski definition) is 2. The molecule has 0 saturated carbocycles. The van der Waals surface area contributed by atoms with Gasteiger partial charge in [0.25, 0.3) is 11.8 Å². The molecule has 59 heavy (non-hydrogen) atoms. The van der Waals surface area contributed by atoms with E-state index < -0.39 is 35.5 Å². The van der Waals surface area contributed by atoms with Gasteiger partial charge in [0.1, 0.15) is 23.7 Å². The van der Waals surface area contributed by atoms with Gasteiger partial charge >= 0.3 is 6.03 Å². The summed E-state index contributed by atoms with van der Waals surface area (Å²) in [6, 6.07) is 12.6. The molecule has 0 radical (unpaired) electrons. The lowest BCUT2D eigenvalue weighted by Gasteiger charge is -2.45. The fourth-order valence-corrected chi connectivity index (χ4v) is 9.20. The number of benzene rings is 2. The van der Waals surface area contributed by atoms with Gasteiger partial charge in [0.2, 0.25) is 11.8 Å². The van der Waals surface area contributed by atoms with Crippen LogP contribution in [0.3, 0.4) is 0 Å². The van der Waals surface area contributed by atoms with Crippen LogP contribution in [0.1, 0.15) is 65.8 Å². The van der Waals surface area contributed by atoms with Gasteiger partial charge in [-0.05, 0) is 81.5 Å². The van der Waals surface area contributed by atoms with Gasteiger partial charge in [0, 0.05) is 83.1 Å². The number of rotatable bonds is 7. The number of imide groups is 2. The summed E-state index contributed by atoms with van der Waals surface area (Å²) in [7, 11) is 0. The summed E-state index contributed by atoms with van der Waals surface area (Å²) in [6.07, 6.45) is 3.75. The molecule has 5 aliphatic rings. The van der Waals surface area contributed by atoms with E-state index in [0.717, 1.165) is 68.0 Å². The van der Waals surface area contributed by atoms with E-state index in [1.165, 1.54) is 6.07 Å². The van der Waals surface area contributed by atoms with Crippen LogP contribution in [0.25, 0.3) is 0 Å². The maximum Gasteiger partial charge on any atom is 0.322 e. The first-order chi connectivity index (χ1) is 28.4. The monoisotopic (exact) mass is 824 g/mol. The van der Waals surface area contributed by atoms with Crippen molar-refractivity contribution < 1.29 is 28.4 Å². The van der Waals surface area contributed by atoms with Crippen molar-refractivity contribution in [1.29, 1.82) is 5.26 Å². The van der Waals surface area contributed by atoms with Crippen LogP contribution >= 0.6 is 11.6 Å². The number of nitrogens with one attached hydrogen (secondary N) is 2. The number of anilines is 4. The SMILES string of the molecule is C[C@@H]1CN(c2ccc(C#N)c(Cl)c2)[C@@H](C)CN1C(=O)Nc1ccc(N2CCC(CN3CCN(c4cc5c(cc4F)C(=O)N(C4CCC(=O)NC4=O)C5=O)CC3)CC2)nc1. The first kappa shape index (κ1) is 40.0. The van der Waals surface area contributed by atoms with E-state index in [2.05, 4.69) is 43.3 Å². The molecule has 3 atom stereocenters. The third kappa shape index (κ3) is 8.01. The van der Waals surface area contributed by atoms with Crippen LogP contribution in [-0.2, 0) is 9.59 Å². The van der Waals surface area contributed by atoms with E-state index in [1.807, 2.05) is 34.9 Å². The summed E-state index contributed by atoms with van der Waals surface area (Å²) in [5, 5.41) is 14.8. The molecule has 8 rings (SSSR count). The Morgan fingerprint density at radius 3 is 2.31 bits per heavy atom. The average molecular weight is 825 g/mol. The number of hydrogen-bond acceptors (Lipinski definition) is 11. The quantitative estimate of drug-likeness (QED) is 0.326. The van der Waals surface area contributed by atoms with Crippen molar-refractivity contribution in [3.63, 3.8) is 0 Å². The smallest absolute Gasteiger partial charge is 0.322 e. The van der Waals surface area contributed by atoms with Gasteiger partial charge in [-0.2, -0.15) is 5.26 Å². The first-order valence-electron chi connectivity index (χ1n) is 20.2. The van der Waals surface area contributed by atoms with Crippen LogP contribution in [0, 0.1) is 23.1 Å². The van der Waals surface area contributed by atoms with Crippen molar-refractivity contribution in [2.75, 3.05) is 78.9 Å². The summed E-state index contributed by atoms with van der Waals surface area (Å²) in [5.74, 6) is -1.76. The Kier molecular flexibility index (Phi) is 11.2. The van der Waals surface area contributed by atoms with Crippen molar-refractivity contribution in [3.05, 3.63) is 76.2 Å². The normalized spacial score (nSPS) is 23.0. The predicted molar refractivity (Wildman–Crippen MR) is 219 cm³/mol. The van der Waals surface area contributed by atoms with Crippen molar-refractivity contribution in [3.8, 4) is 6.07 Å². The average Bonchev–Trinajstić information content (AvgIpc) is 3.46. The minimum absolute atomic E-state index is 0.0150. The Hall–Kier alpha value is -5.79. The number of carbonyl (C=O) groups is 5. The number of pyridine rings is 1. The van der Waals surface area contributed by atoms with E-state index >= 15 is 4.39 Å². The van der Waals surface area contributed by atoms with Crippen LogP contribution in [-0.4, -0.2) is 126 Å². The number of piperazine rings is 2. The number of nitrogens with zero attached hydrogens (tertiary/aromatic N) is 8. The van der Waals surface area contributed by atoms with E-state index in [4.69, 9.17) is 11.6 Å². The maximum absolute atomic E-state index is 15.4. The van der Waals surface area contributed by atoms with Gasteiger partial charge < -0.3 is 24.9 Å². The Labute approximate surface area is 346 Å². The molecule has 17 heteroatoms. The van der Waals surface area contributed by atoms with Crippen molar-refractivity contribution in [2.24, 2.45) is 5.92 Å². The lowest BCUT2D eigenvalue weighted by atomic mass is 9.96. The molecule has 5 aliphatic heterocycles. The second-order valence-corrected chi connectivity index (χ2v) is 16.5. The van der Waals surface area contributed by atoms with Gasteiger partial charge in [-0.25, -0.2) is 14.2 Å². The highest BCUT2D eigenvalue weighted by Crippen LogP contribution is 2.34. The highest BCUT2D eigenvalue weighted by molar-refractivity contribution is 6.32. The molecule has 0 bridgehead atoms. The standard InChI is InChI=1S/C42H46ClFN10O5/c1-25-23-53(26(2)22-52(25)30-5-3-28(20-45)33(43)17-30)42(59)47-29-4-7-37(46-21-29)51-11-9-27(10-12-51)24-49-13-15-50(16-14-49)36-19-32-31(18-34(36)44)40(57)54(41(32)58)35-6-8-38(55)48-39(35)56/h3-5,7,17-19,21,25-27,35H,6,8-16,22-24H2,1-2H3,(H,47,59)(H,48,55,56)/t25-,26+,35?/m0/s1. The first-order valence-corrected chi connectivity index (χ1v) is 20.5. The lowest BCUT2D eigenvalue weighted by Crippen LogP contribution is -2.59. The van der Waals surface area contributed by atoms with E-state index in [1.54, 1.807) is 18.3 Å².